The molecule has 2 nitrogen and oxygen atoms in total. The molecular formula is C28H41NO. The standard InChI is InChI=1S/C28H41NO/c1-18-12-14-27(4)24-11-10-23(30)19(2)26(24,3)15-13-25(27)28(18,5)16-20-17-29-22-9-7-6-8-21(20)22/h6-9,17-19,23-25,29-30H,10-16H2,1-5H3/t18-,19+,23+,24+,25+,26+,27+,28+/m1/s1. The van der Waals surface area contributed by atoms with E-state index in [1.54, 1.807) is 0 Å². The number of hydrogen-bond donors (Lipinski definition) is 2. The maximum atomic E-state index is 10.7. The van der Waals surface area contributed by atoms with E-state index in [1.165, 1.54) is 55.0 Å². The molecule has 1 aromatic heterocycles. The van der Waals surface area contributed by atoms with Crippen LogP contribution in [0.3, 0.4) is 0 Å². The van der Waals surface area contributed by atoms with Crippen molar-refractivity contribution in [1.82, 2.24) is 4.98 Å². The predicted octanol–water partition coefficient (Wildman–Crippen LogP) is 6.98. The number of rotatable bonds is 2. The molecule has 0 unspecified atom stereocenters. The molecular weight excluding hydrogens is 366 g/mol. The number of aliphatic hydroxyl groups excluding tert-OH is 1. The molecule has 0 spiro atoms. The number of H-pyrrole nitrogens is 1. The predicted molar refractivity (Wildman–Crippen MR) is 125 cm³/mol. The van der Waals surface area contributed by atoms with E-state index in [-0.39, 0.29) is 6.10 Å². The van der Waals surface area contributed by atoms with E-state index >= 15 is 0 Å². The van der Waals surface area contributed by atoms with Crippen molar-refractivity contribution < 1.29 is 5.11 Å². The zero-order chi connectivity index (χ0) is 21.3. The Hall–Kier alpha value is -1.28. The molecule has 5 rings (SSSR count). The Labute approximate surface area is 182 Å². The second-order valence-electron chi connectivity index (χ2n) is 12.1. The van der Waals surface area contributed by atoms with E-state index < -0.39 is 0 Å². The number of hydrogen-bond acceptors (Lipinski definition) is 1. The van der Waals surface area contributed by atoms with Gasteiger partial charge in [0.25, 0.3) is 0 Å². The number of aromatic nitrogens is 1. The summed E-state index contributed by atoms with van der Waals surface area (Å²) in [6.45, 7) is 12.6. The summed E-state index contributed by atoms with van der Waals surface area (Å²) in [7, 11) is 0. The molecule has 164 valence electrons. The van der Waals surface area contributed by atoms with Gasteiger partial charge in [0.15, 0.2) is 0 Å². The van der Waals surface area contributed by atoms with Gasteiger partial charge in [0.05, 0.1) is 6.10 Å². The fourth-order valence-electron chi connectivity index (χ4n) is 8.80. The zero-order valence-corrected chi connectivity index (χ0v) is 19.7. The van der Waals surface area contributed by atoms with Crippen molar-refractivity contribution in [2.24, 2.45) is 39.9 Å². The Morgan fingerprint density at radius 2 is 1.67 bits per heavy atom. The zero-order valence-electron chi connectivity index (χ0n) is 19.7. The molecule has 0 aliphatic heterocycles. The highest BCUT2D eigenvalue weighted by molar-refractivity contribution is 5.83. The molecule has 3 aliphatic rings. The van der Waals surface area contributed by atoms with Crippen molar-refractivity contribution >= 4 is 10.9 Å². The van der Waals surface area contributed by atoms with Gasteiger partial charge in [-0.1, -0.05) is 52.8 Å². The van der Waals surface area contributed by atoms with Crippen molar-refractivity contribution in [2.75, 3.05) is 0 Å². The largest absolute Gasteiger partial charge is 0.393 e. The topological polar surface area (TPSA) is 36.0 Å². The van der Waals surface area contributed by atoms with Crippen LogP contribution < -0.4 is 0 Å². The van der Waals surface area contributed by atoms with Gasteiger partial charge >= 0.3 is 0 Å². The number of nitrogens with one attached hydrogen (secondary N) is 1. The van der Waals surface area contributed by atoms with Gasteiger partial charge in [-0.3, -0.25) is 0 Å². The lowest BCUT2D eigenvalue weighted by atomic mass is 9.37. The van der Waals surface area contributed by atoms with Crippen LogP contribution in [0.2, 0.25) is 0 Å². The first-order valence-corrected chi connectivity index (χ1v) is 12.4. The molecule has 0 radical (unpaired) electrons. The summed E-state index contributed by atoms with van der Waals surface area (Å²) in [5.41, 5.74) is 3.80. The third-order valence-corrected chi connectivity index (χ3v) is 11.0. The van der Waals surface area contributed by atoms with Crippen molar-refractivity contribution in [2.45, 2.75) is 85.7 Å². The normalized spacial score (nSPS) is 46.4. The Bertz CT molecular complexity index is 932. The van der Waals surface area contributed by atoms with Gasteiger partial charge in [0.1, 0.15) is 0 Å². The molecule has 2 heteroatoms. The number of aliphatic hydroxyl groups is 1. The second kappa shape index (κ2) is 6.86. The lowest BCUT2D eigenvalue weighted by Gasteiger charge is -2.67. The minimum Gasteiger partial charge on any atom is -0.393 e. The van der Waals surface area contributed by atoms with Gasteiger partial charge in [-0.25, -0.2) is 0 Å². The summed E-state index contributed by atoms with van der Waals surface area (Å²) in [4.78, 5) is 3.53. The Morgan fingerprint density at radius 3 is 2.47 bits per heavy atom. The fraction of sp³-hybridized carbons (Fsp3) is 0.714. The summed E-state index contributed by atoms with van der Waals surface area (Å²) in [6.07, 6.45) is 10.9. The highest BCUT2D eigenvalue weighted by atomic mass is 16.3. The van der Waals surface area contributed by atoms with Gasteiger partial charge in [-0.05, 0) is 96.5 Å². The highest BCUT2D eigenvalue weighted by Gasteiger charge is 2.63. The van der Waals surface area contributed by atoms with E-state index in [0.29, 0.717) is 22.2 Å². The van der Waals surface area contributed by atoms with E-state index in [1.807, 2.05) is 0 Å². The lowest BCUT2D eigenvalue weighted by Crippen LogP contribution is -2.61. The van der Waals surface area contributed by atoms with E-state index in [0.717, 1.165) is 24.2 Å². The summed E-state index contributed by atoms with van der Waals surface area (Å²) < 4.78 is 0. The molecule has 2 N–H and O–H groups in total. The van der Waals surface area contributed by atoms with Crippen LogP contribution in [0.1, 0.15) is 78.7 Å². The van der Waals surface area contributed by atoms with Crippen LogP contribution in [0.4, 0.5) is 0 Å². The Kier molecular flexibility index (Phi) is 4.71. The third kappa shape index (κ3) is 2.71. The first-order valence-electron chi connectivity index (χ1n) is 12.4. The molecule has 8 atom stereocenters. The van der Waals surface area contributed by atoms with Crippen LogP contribution in [-0.4, -0.2) is 16.2 Å². The quantitative estimate of drug-likeness (QED) is 0.553. The summed E-state index contributed by atoms with van der Waals surface area (Å²) in [6, 6.07) is 8.80. The summed E-state index contributed by atoms with van der Waals surface area (Å²) in [5, 5.41) is 12.1. The van der Waals surface area contributed by atoms with Crippen LogP contribution in [0.15, 0.2) is 30.5 Å². The van der Waals surface area contributed by atoms with E-state index in [9.17, 15) is 5.11 Å². The third-order valence-electron chi connectivity index (χ3n) is 11.0. The molecule has 1 heterocycles. The van der Waals surface area contributed by atoms with Crippen molar-refractivity contribution in [3.8, 4) is 0 Å². The van der Waals surface area contributed by atoms with Gasteiger partial charge in [-0.15, -0.1) is 0 Å². The van der Waals surface area contributed by atoms with Crippen molar-refractivity contribution in [3.63, 3.8) is 0 Å². The Balaban J connectivity index is 1.53. The monoisotopic (exact) mass is 407 g/mol. The SMILES string of the molecule is C[C@@H]1CC[C@@]2(C)[C@H]3CC[C@H](O)[C@H](C)[C@]3(C)CC[C@@H]2[C@@]1(C)Cc1c[nH]c2ccccc12. The summed E-state index contributed by atoms with van der Waals surface area (Å²) in [5.74, 6) is 2.69. The fourth-order valence-corrected chi connectivity index (χ4v) is 8.80. The molecule has 0 saturated heterocycles. The van der Waals surface area contributed by atoms with Gasteiger partial charge < -0.3 is 10.1 Å². The Morgan fingerprint density at radius 1 is 0.933 bits per heavy atom. The van der Waals surface area contributed by atoms with Crippen molar-refractivity contribution in [1.29, 1.82) is 0 Å². The van der Waals surface area contributed by atoms with E-state index in [4.69, 9.17) is 0 Å². The number of para-hydroxylation sites is 1. The first-order chi connectivity index (χ1) is 14.2. The first kappa shape index (κ1) is 20.6. The average molecular weight is 408 g/mol. The molecule has 3 fully saturated rings. The van der Waals surface area contributed by atoms with Crippen molar-refractivity contribution in [3.05, 3.63) is 36.0 Å². The highest BCUT2D eigenvalue weighted by Crippen LogP contribution is 2.69. The summed E-state index contributed by atoms with van der Waals surface area (Å²) >= 11 is 0. The molecule has 0 amide bonds. The van der Waals surface area contributed by atoms with E-state index in [2.05, 4.69) is 70.1 Å². The number of benzene rings is 1. The van der Waals surface area contributed by atoms with Crippen LogP contribution in [-0.2, 0) is 6.42 Å². The average Bonchev–Trinajstić information content (AvgIpc) is 3.12. The maximum Gasteiger partial charge on any atom is 0.0571 e. The van der Waals surface area contributed by atoms with Crippen LogP contribution in [0, 0.1) is 39.9 Å². The minimum atomic E-state index is -0.105. The lowest BCUT2D eigenvalue weighted by molar-refractivity contribution is -0.195. The molecule has 3 aliphatic carbocycles. The number of fused-ring (bicyclic) bond motifs is 4. The number of aromatic amines is 1. The van der Waals surface area contributed by atoms with Gasteiger partial charge in [0.2, 0.25) is 0 Å². The van der Waals surface area contributed by atoms with Crippen LogP contribution >= 0.6 is 0 Å². The second-order valence-corrected chi connectivity index (χ2v) is 12.1. The molecule has 3 saturated carbocycles. The van der Waals surface area contributed by atoms with Gasteiger partial charge in [-0.2, -0.15) is 0 Å². The molecule has 1 aromatic carbocycles. The maximum absolute atomic E-state index is 10.7. The minimum absolute atomic E-state index is 0.105. The molecule has 30 heavy (non-hydrogen) atoms. The molecule has 2 aromatic rings. The smallest absolute Gasteiger partial charge is 0.0571 e. The molecule has 0 bridgehead atoms. The van der Waals surface area contributed by atoms with Crippen LogP contribution in [0.5, 0.6) is 0 Å². The van der Waals surface area contributed by atoms with Gasteiger partial charge in [0, 0.05) is 17.1 Å². The van der Waals surface area contributed by atoms with Crippen LogP contribution in [0.25, 0.3) is 10.9 Å².